The van der Waals surface area contributed by atoms with Gasteiger partial charge >= 0.3 is 0 Å². The maximum Gasteiger partial charge on any atom is 0.181 e. The van der Waals surface area contributed by atoms with Crippen molar-refractivity contribution in [2.24, 2.45) is 22.7 Å². The predicted molar refractivity (Wildman–Crippen MR) is 107 cm³/mol. The number of allylic oxidation sites excluding steroid dienone is 2. The second kappa shape index (κ2) is 7.62. The summed E-state index contributed by atoms with van der Waals surface area (Å²) in [5.74, 6) is 0.878. The van der Waals surface area contributed by atoms with Crippen molar-refractivity contribution in [3.05, 3.63) is 22.8 Å². The van der Waals surface area contributed by atoms with Gasteiger partial charge in [-0.3, -0.25) is 0 Å². The highest BCUT2D eigenvalue weighted by Gasteiger charge is 2.55. The molecule has 0 amide bonds. The number of fused-ring (bicyclic) bond motifs is 3. The van der Waals surface area contributed by atoms with Crippen molar-refractivity contribution in [3.63, 3.8) is 0 Å². The molecule has 1 fully saturated rings. The molecule has 3 aliphatic carbocycles. The third-order valence-electron chi connectivity index (χ3n) is 7.83. The maximum absolute atomic E-state index is 11.3. The predicted octanol–water partition coefficient (Wildman–Crippen LogP) is 4.48. The number of methoxy groups -OCH3 is 3. The molecule has 0 heterocycles. The topological polar surface area (TPSA) is 47.9 Å². The van der Waals surface area contributed by atoms with Gasteiger partial charge in [-0.2, -0.15) is 0 Å². The van der Waals surface area contributed by atoms with Crippen LogP contribution in [0.5, 0.6) is 0 Å². The molecule has 27 heavy (non-hydrogen) atoms. The summed E-state index contributed by atoms with van der Waals surface area (Å²) in [7, 11) is 5.03. The zero-order valence-electron chi connectivity index (χ0n) is 18.2. The summed E-state index contributed by atoms with van der Waals surface area (Å²) in [6.07, 6.45) is 6.34. The Kier molecular flexibility index (Phi) is 5.94. The molecule has 0 bridgehead atoms. The van der Waals surface area contributed by atoms with Gasteiger partial charge in [-0.15, -0.1) is 0 Å². The van der Waals surface area contributed by atoms with E-state index in [0.717, 1.165) is 24.8 Å². The summed E-state index contributed by atoms with van der Waals surface area (Å²) in [6, 6.07) is 0. The monoisotopic (exact) mass is 378 g/mol. The summed E-state index contributed by atoms with van der Waals surface area (Å²) in [6.45, 7) is 9.34. The molecule has 3 aliphatic rings. The van der Waals surface area contributed by atoms with Crippen LogP contribution in [0.2, 0.25) is 0 Å². The number of aliphatic hydroxyl groups excluding tert-OH is 1. The summed E-state index contributed by atoms with van der Waals surface area (Å²) in [4.78, 5) is 0. The molecule has 3 rings (SSSR count). The lowest BCUT2D eigenvalue weighted by atomic mass is 9.54. The van der Waals surface area contributed by atoms with Crippen LogP contribution in [0.1, 0.15) is 59.8 Å². The molecule has 4 heteroatoms. The summed E-state index contributed by atoms with van der Waals surface area (Å²) >= 11 is 0. The van der Waals surface area contributed by atoms with Crippen molar-refractivity contribution < 1.29 is 19.3 Å². The Hall–Kier alpha value is -0.680. The average molecular weight is 379 g/mol. The molecule has 0 spiro atoms. The zero-order chi connectivity index (χ0) is 20.0. The second-order valence-corrected chi connectivity index (χ2v) is 9.59. The first-order chi connectivity index (χ1) is 12.7. The smallest absolute Gasteiger partial charge is 0.181 e. The van der Waals surface area contributed by atoms with E-state index in [1.165, 1.54) is 12.8 Å². The van der Waals surface area contributed by atoms with Crippen molar-refractivity contribution in [3.8, 4) is 0 Å². The normalized spacial score (nSPS) is 39.5. The van der Waals surface area contributed by atoms with E-state index in [1.807, 2.05) is 6.08 Å². The molecule has 0 aromatic rings. The van der Waals surface area contributed by atoms with Gasteiger partial charge in [-0.25, -0.2) is 0 Å². The highest BCUT2D eigenvalue weighted by Crippen LogP contribution is 2.63. The highest BCUT2D eigenvalue weighted by molar-refractivity contribution is 5.37. The largest absolute Gasteiger partial charge is 0.388 e. The molecule has 154 valence electrons. The molecular weight excluding hydrogens is 340 g/mol. The standard InChI is InChI=1S/C23H38O4/c1-14(2)15-8-9-22(3)10-11-23(4)17(20(15)22)13-18(25-5)16(12-19(23)24)21(26-6)27-7/h12,14,17-19,21,24H,8-11,13H2,1-7H3/t17-,18-,19+,22-,23-/m1/s1. The third kappa shape index (κ3) is 3.33. The molecule has 1 N–H and O–H groups in total. The lowest BCUT2D eigenvalue weighted by molar-refractivity contribution is -0.0894. The lowest BCUT2D eigenvalue weighted by Crippen LogP contribution is -2.46. The zero-order valence-corrected chi connectivity index (χ0v) is 18.2. The van der Waals surface area contributed by atoms with E-state index < -0.39 is 12.4 Å². The molecule has 0 aromatic heterocycles. The van der Waals surface area contributed by atoms with Gasteiger partial charge in [-0.1, -0.05) is 38.8 Å². The van der Waals surface area contributed by atoms with E-state index >= 15 is 0 Å². The minimum absolute atomic E-state index is 0.111. The maximum atomic E-state index is 11.3. The second-order valence-electron chi connectivity index (χ2n) is 9.59. The molecular formula is C23H38O4. The van der Waals surface area contributed by atoms with E-state index in [9.17, 15) is 5.11 Å². The Labute approximate surface area is 165 Å². The Bertz CT molecular complexity index is 618. The van der Waals surface area contributed by atoms with Gasteiger partial charge in [0.15, 0.2) is 6.29 Å². The van der Waals surface area contributed by atoms with E-state index in [-0.39, 0.29) is 16.9 Å². The SMILES string of the molecule is COC(OC)C1=C[C@H](O)[C@]2(C)CC[C@@]3(C)CCC(C(C)C)=C3[C@H]2C[C@H]1OC. The molecule has 0 saturated heterocycles. The third-order valence-corrected chi connectivity index (χ3v) is 7.83. The number of aliphatic hydroxyl groups is 1. The van der Waals surface area contributed by atoms with Gasteiger partial charge in [0.2, 0.25) is 0 Å². The fraction of sp³-hybridized carbons (Fsp3) is 0.826. The van der Waals surface area contributed by atoms with Gasteiger partial charge in [0.1, 0.15) is 0 Å². The first-order valence-corrected chi connectivity index (χ1v) is 10.4. The summed E-state index contributed by atoms with van der Waals surface area (Å²) in [5, 5.41) is 11.3. The van der Waals surface area contributed by atoms with Crippen LogP contribution in [-0.2, 0) is 14.2 Å². The highest BCUT2D eigenvalue weighted by atomic mass is 16.7. The minimum atomic E-state index is -0.531. The Balaban J connectivity index is 2.10. The van der Waals surface area contributed by atoms with E-state index in [1.54, 1.807) is 32.5 Å². The van der Waals surface area contributed by atoms with Gasteiger partial charge in [0.05, 0.1) is 12.2 Å². The Morgan fingerprint density at radius 1 is 1.07 bits per heavy atom. The van der Waals surface area contributed by atoms with E-state index in [4.69, 9.17) is 14.2 Å². The fourth-order valence-electron chi connectivity index (χ4n) is 6.02. The minimum Gasteiger partial charge on any atom is -0.388 e. The van der Waals surface area contributed by atoms with Gasteiger partial charge in [0.25, 0.3) is 0 Å². The van der Waals surface area contributed by atoms with Gasteiger partial charge < -0.3 is 19.3 Å². The first kappa shape index (κ1) is 21.0. The van der Waals surface area contributed by atoms with Crippen LogP contribution in [0.4, 0.5) is 0 Å². The van der Waals surface area contributed by atoms with E-state index in [2.05, 4.69) is 27.7 Å². The van der Waals surface area contributed by atoms with Crippen LogP contribution in [0.15, 0.2) is 22.8 Å². The Morgan fingerprint density at radius 2 is 1.74 bits per heavy atom. The van der Waals surface area contributed by atoms with Crippen molar-refractivity contribution >= 4 is 0 Å². The number of hydrogen-bond donors (Lipinski definition) is 1. The van der Waals surface area contributed by atoms with Crippen molar-refractivity contribution in [2.75, 3.05) is 21.3 Å². The summed E-state index contributed by atoms with van der Waals surface area (Å²) < 4.78 is 17.0. The molecule has 4 nitrogen and oxygen atoms in total. The fourth-order valence-corrected chi connectivity index (χ4v) is 6.02. The quantitative estimate of drug-likeness (QED) is 0.566. The summed E-state index contributed by atoms with van der Waals surface area (Å²) in [5.41, 5.74) is 4.25. The average Bonchev–Trinajstić information content (AvgIpc) is 2.94. The van der Waals surface area contributed by atoms with Crippen LogP contribution in [0.3, 0.4) is 0 Å². The van der Waals surface area contributed by atoms with Crippen LogP contribution < -0.4 is 0 Å². The van der Waals surface area contributed by atoms with Gasteiger partial charge in [0, 0.05) is 32.3 Å². The van der Waals surface area contributed by atoms with Crippen LogP contribution in [0.25, 0.3) is 0 Å². The number of hydrogen-bond acceptors (Lipinski definition) is 4. The Morgan fingerprint density at radius 3 is 2.30 bits per heavy atom. The lowest BCUT2D eigenvalue weighted by Gasteiger charge is -2.51. The molecule has 0 unspecified atom stereocenters. The van der Waals surface area contributed by atoms with E-state index in [0.29, 0.717) is 11.8 Å². The molecule has 0 radical (unpaired) electrons. The van der Waals surface area contributed by atoms with Crippen molar-refractivity contribution in [1.82, 2.24) is 0 Å². The number of rotatable bonds is 5. The first-order valence-electron chi connectivity index (χ1n) is 10.4. The molecule has 0 aromatic carbocycles. The number of ether oxygens (including phenoxy) is 3. The molecule has 5 atom stereocenters. The van der Waals surface area contributed by atoms with Crippen molar-refractivity contribution in [2.45, 2.75) is 78.3 Å². The van der Waals surface area contributed by atoms with Crippen LogP contribution >= 0.6 is 0 Å². The van der Waals surface area contributed by atoms with Gasteiger partial charge in [-0.05, 0) is 55.4 Å². The molecule has 1 saturated carbocycles. The molecule has 0 aliphatic heterocycles. The van der Waals surface area contributed by atoms with Crippen LogP contribution in [-0.4, -0.2) is 44.9 Å². The van der Waals surface area contributed by atoms with Crippen LogP contribution in [0, 0.1) is 22.7 Å². The van der Waals surface area contributed by atoms with Crippen molar-refractivity contribution in [1.29, 1.82) is 0 Å².